The van der Waals surface area contributed by atoms with Crippen LogP contribution < -0.4 is 4.90 Å². The van der Waals surface area contributed by atoms with E-state index in [1.807, 2.05) is 46.8 Å². The lowest BCUT2D eigenvalue weighted by molar-refractivity contribution is 0.0776. The third kappa shape index (κ3) is 3.84. The van der Waals surface area contributed by atoms with Crippen LogP contribution in [0.1, 0.15) is 16.8 Å². The molecule has 0 unspecified atom stereocenters. The highest BCUT2D eigenvalue weighted by molar-refractivity contribution is 5.94. The van der Waals surface area contributed by atoms with Crippen molar-refractivity contribution < 1.29 is 4.79 Å². The van der Waals surface area contributed by atoms with E-state index in [9.17, 15) is 4.79 Å². The van der Waals surface area contributed by atoms with Crippen LogP contribution in [0, 0.1) is 5.92 Å². The summed E-state index contributed by atoms with van der Waals surface area (Å²) in [5.41, 5.74) is 2.90. The molecule has 1 amide bonds. The fraction of sp³-hybridized carbons (Fsp3) is 0.286. The van der Waals surface area contributed by atoms with Gasteiger partial charge in [-0.2, -0.15) is 0 Å². The zero-order valence-electron chi connectivity index (χ0n) is 15.4. The first kappa shape index (κ1) is 17.3. The van der Waals surface area contributed by atoms with Crippen LogP contribution >= 0.6 is 0 Å². The van der Waals surface area contributed by atoms with Crippen molar-refractivity contribution in [2.75, 3.05) is 31.6 Å². The third-order valence-electron chi connectivity index (χ3n) is 5.12. The molecule has 0 aliphatic carbocycles. The monoisotopic (exact) mass is 361 g/mol. The van der Waals surface area contributed by atoms with Gasteiger partial charge in [-0.05, 0) is 48.7 Å². The van der Waals surface area contributed by atoms with Crippen molar-refractivity contribution in [1.82, 2.24) is 19.7 Å². The fourth-order valence-corrected chi connectivity index (χ4v) is 3.66. The molecule has 0 saturated carbocycles. The number of amides is 1. The number of hydrogen-bond donors (Lipinski definition) is 0. The number of carbonyl (C=O) groups is 1. The first-order valence-corrected chi connectivity index (χ1v) is 9.21. The Morgan fingerprint density at radius 2 is 1.74 bits per heavy atom. The Morgan fingerprint density at radius 3 is 2.44 bits per heavy atom. The van der Waals surface area contributed by atoms with E-state index >= 15 is 0 Å². The highest BCUT2D eigenvalue weighted by Crippen LogP contribution is 2.24. The van der Waals surface area contributed by atoms with Crippen LogP contribution in [0.4, 0.5) is 5.69 Å². The van der Waals surface area contributed by atoms with Crippen LogP contribution in [0.25, 0.3) is 5.69 Å². The summed E-state index contributed by atoms with van der Waals surface area (Å²) in [6, 6.07) is 18.0. The number of aromatic nitrogens is 3. The molecule has 1 aliphatic rings. The second kappa shape index (κ2) is 7.61. The van der Waals surface area contributed by atoms with Gasteiger partial charge in [-0.3, -0.25) is 9.36 Å². The van der Waals surface area contributed by atoms with Gasteiger partial charge >= 0.3 is 0 Å². The molecule has 0 radical (unpaired) electrons. The standard InChI is InChI=1S/C21H23N5O/c1-24(13-17-11-12-25(14-17)19-5-3-2-4-6-19)21(27)18-7-9-20(10-8-18)26-15-22-23-16-26/h2-10,15-17H,11-14H2,1H3/t17-/m0/s1. The predicted octanol–water partition coefficient (Wildman–Crippen LogP) is 2.87. The molecule has 0 spiro atoms. The molecule has 3 aromatic rings. The largest absolute Gasteiger partial charge is 0.371 e. The summed E-state index contributed by atoms with van der Waals surface area (Å²) in [6.07, 6.45) is 4.39. The van der Waals surface area contributed by atoms with Crippen LogP contribution in [0.3, 0.4) is 0 Å². The van der Waals surface area contributed by atoms with Gasteiger partial charge in [0.25, 0.3) is 5.91 Å². The van der Waals surface area contributed by atoms with Gasteiger partial charge in [0.05, 0.1) is 0 Å². The number of anilines is 1. The molecule has 0 bridgehead atoms. The summed E-state index contributed by atoms with van der Waals surface area (Å²) < 4.78 is 1.81. The van der Waals surface area contributed by atoms with Crippen molar-refractivity contribution in [3.05, 3.63) is 72.8 Å². The highest BCUT2D eigenvalue weighted by Gasteiger charge is 2.25. The van der Waals surface area contributed by atoms with E-state index in [2.05, 4.69) is 39.4 Å². The van der Waals surface area contributed by atoms with Crippen LogP contribution in [0.15, 0.2) is 67.3 Å². The van der Waals surface area contributed by atoms with E-state index in [1.165, 1.54) is 5.69 Å². The van der Waals surface area contributed by atoms with Crippen molar-refractivity contribution in [2.45, 2.75) is 6.42 Å². The van der Waals surface area contributed by atoms with Crippen molar-refractivity contribution in [1.29, 1.82) is 0 Å². The third-order valence-corrected chi connectivity index (χ3v) is 5.12. The molecular formula is C21H23N5O. The van der Waals surface area contributed by atoms with Crippen molar-refractivity contribution in [3.63, 3.8) is 0 Å². The average molecular weight is 361 g/mol. The minimum absolute atomic E-state index is 0.0588. The lowest BCUT2D eigenvalue weighted by Crippen LogP contribution is -2.33. The van der Waals surface area contributed by atoms with E-state index in [-0.39, 0.29) is 5.91 Å². The Morgan fingerprint density at radius 1 is 1.04 bits per heavy atom. The molecular weight excluding hydrogens is 338 g/mol. The zero-order valence-corrected chi connectivity index (χ0v) is 15.4. The number of benzene rings is 2. The van der Waals surface area contributed by atoms with Crippen LogP contribution in [-0.2, 0) is 0 Å². The van der Waals surface area contributed by atoms with Gasteiger partial charge in [0.2, 0.25) is 0 Å². The second-order valence-electron chi connectivity index (χ2n) is 7.04. The second-order valence-corrected chi connectivity index (χ2v) is 7.04. The highest BCUT2D eigenvalue weighted by atomic mass is 16.2. The van der Waals surface area contributed by atoms with Gasteiger partial charge in [-0.25, -0.2) is 0 Å². The summed E-state index contributed by atoms with van der Waals surface area (Å²) in [5, 5.41) is 7.61. The van der Waals surface area contributed by atoms with Gasteiger partial charge in [0.1, 0.15) is 12.7 Å². The molecule has 2 aromatic carbocycles. The van der Waals surface area contributed by atoms with E-state index in [1.54, 1.807) is 12.7 Å². The Balaban J connectivity index is 1.35. The van der Waals surface area contributed by atoms with E-state index < -0.39 is 0 Å². The summed E-state index contributed by atoms with van der Waals surface area (Å²) in [4.78, 5) is 17.0. The maximum Gasteiger partial charge on any atom is 0.253 e. The smallest absolute Gasteiger partial charge is 0.253 e. The zero-order chi connectivity index (χ0) is 18.6. The van der Waals surface area contributed by atoms with Crippen LogP contribution in [0.5, 0.6) is 0 Å². The molecule has 138 valence electrons. The minimum atomic E-state index is 0.0588. The SMILES string of the molecule is CN(C[C@@H]1CCN(c2ccccc2)C1)C(=O)c1ccc(-n2cnnc2)cc1. The summed E-state index contributed by atoms with van der Waals surface area (Å²) in [5.74, 6) is 0.555. The molecule has 1 aromatic heterocycles. The van der Waals surface area contributed by atoms with Gasteiger partial charge in [0.15, 0.2) is 0 Å². The predicted molar refractivity (Wildman–Crippen MR) is 105 cm³/mol. The Kier molecular flexibility index (Phi) is 4.87. The Hall–Kier alpha value is -3.15. The number of nitrogens with zero attached hydrogens (tertiary/aromatic N) is 5. The quantitative estimate of drug-likeness (QED) is 0.701. The molecule has 27 heavy (non-hydrogen) atoms. The summed E-state index contributed by atoms with van der Waals surface area (Å²) in [6.45, 7) is 2.81. The first-order valence-electron chi connectivity index (χ1n) is 9.21. The van der Waals surface area contributed by atoms with Crippen molar-refractivity contribution in [3.8, 4) is 5.69 Å². The average Bonchev–Trinajstić information content (AvgIpc) is 3.40. The molecule has 6 heteroatoms. The summed E-state index contributed by atoms with van der Waals surface area (Å²) >= 11 is 0. The van der Waals surface area contributed by atoms with Crippen molar-refractivity contribution >= 4 is 11.6 Å². The van der Waals surface area contributed by atoms with Crippen LogP contribution in [-0.4, -0.2) is 52.3 Å². The molecule has 1 aliphatic heterocycles. The number of carbonyl (C=O) groups excluding carboxylic acids is 1. The van der Waals surface area contributed by atoms with Gasteiger partial charge < -0.3 is 9.80 Å². The molecule has 1 fully saturated rings. The minimum Gasteiger partial charge on any atom is -0.371 e. The molecule has 1 saturated heterocycles. The maximum atomic E-state index is 12.8. The van der Waals surface area contributed by atoms with Crippen molar-refractivity contribution in [2.24, 2.45) is 5.92 Å². The van der Waals surface area contributed by atoms with E-state index in [4.69, 9.17) is 0 Å². The van der Waals surface area contributed by atoms with Gasteiger partial charge in [-0.1, -0.05) is 18.2 Å². The fourth-order valence-electron chi connectivity index (χ4n) is 3.66. The maximum absolute atomic E-state index is 12.8. The first-order chi connectivity index (χ1) is 13.2. The molecule has 2 heterocycles. The van der Waals surface area contributed by atoms with E-state index in [0.717, 1.165) is 31.7 Å². The number of rotatable bonds is 5. The number of hydrogen-bond acceptors (Lipinski definition) is 4. The normalized spacial score (nSPS) is 16.5. The lowest BCUT2D eigenvalue weighted by atomic mass is 10.1. The van der Waals surface area contributed by atoms with Crippen LogP contribution in [0.2, 0.25) is 0 Å². The molecule has 6 nitrogen and oxygen atoms in total. The Labute approximate surface area is 159 Å². The van der Waals surface area contributed by atoms with Gasteiger partial charge in [-0.15, -0.1) is 10.2 Å². The topological polar surface area (TPSA) is 54.3 Å². The number of para-hydroxylation sites is 1. The van der Waals surface area contributed by atoms with Gasteiger partial charge in [0, 0.05) is 43.6 Å². The molecule has 1 atom stereocenters. The van der Waals surface area contributed by atoms with E-state index in [0.29, 0.717) is 11.5 Å². The summed E-state index contributed by atoms with van der Waals surface area (Å²) in [7, 11) is 1.89. The molecule has 4 rings (SSSR count). The molecule has 0 N–H and O–H groups in total. The Bertz CT molecular complexity index is 877. The lowest BCUT2D eigenvalue weighted by Gasteiger charge is -2.23.